The minimum atomic E-state index is 0.507. The molecule has 0 aliphatic carbocycles. The molecular formula is C19H25N5. The van der Waals surface area contributed by atoms with E-state index in [1.54, 1.807) is 0 Å². The minimum Gasteiger partial charge on any atom is -0.326 e. The Morgan fingerprint density at radius 1 is 1.25 bits per heavy atom. The van der Waals surface area contributed by atoms with Crippen molar-refractivity contribution in [2.45, 2.75) is 38.8 Å². The zero-order valence-electron chi connectivity index (χ0n) is 14.5. The molecule has 1 fully saturated rings. The number of fused-ring (bicyclic) bond motifs is 1. The molecule has 4 rings (SSSR count). The molecule has 1 saturated heterocycles. The predicted octanol–water partition coefficient (Wildman–Crippen LogP) is 3.17. The number of piperidine rings is 1. The van der Waals surface area contributed by atoms with Crippen LogP contribution in [0.15, 0.2) is 36.8 Å². The van der Waals surface area contributed by atoms with Crippen LogP contribution in [0, 0.1) is 0 Å². The summed E-state index contributed by atoms with van der Waals surface area (Å²) >= 11 is 0. The van der Waals surface area contributed by atoms with Gasteiger partial charge in [-0.05, 0) is 37.9 Å². The van der Waals surface area contributed by atoms with Gasteiger partial charge in [0.05, 0.1) is 23.1 Å². The third kappa shape index (κ3) is 2.84. The van der Waals surface area contributed by atoms with Crippen molar-refractivity contribution in [2.75, 3.05) is 13.1 Å². The summed E-state index contributed by atoms with van der Waals surface area (Å²) < 4.78 is 4.31. The van der Waals surface area contributed by atoms with Gasteiger partial charge in [-0.15, -0.1) is 0 Å². The van der Waals surface area contributed by atoms with E-state index in [2.05, 4.69) is 56.9 Å². The van der Waals surface area contributed by atoms with E-state index in [4.69, 9.17) is 0 Å². The maximum Gasteiger partial charge on any atom is 0.0961 e. The molecule has 0 spiro atoms. The van der Waals surface area contributed by atoms with E-state index in [1.165, 1.54) is 36.2 Å². The molecule has 0 N–H and O–H groups in total. The highest BCUT2D eigenvalue weighted by Crippen LogP contribution is 2.26. The lowest BCUT2D eigenvalue weighted by Gasteiger charge is -2.33. The summed E-state index contributed by atoms with van der Waals surface area (Å²) in [5.74, 6) is 0. The van der Waals surface area contributed by atoms with Crippen LogP contribution in [0.5, 0.6) is 0 Å². The first-order valence-electron chi connectivity index (χ1n) is 8.90. The number of hydrogen-bond donors (Lipinski definition) is 0. The van der Waals surface area contributed by atoms with Crippen LogP contribution in [0.4, 0.5) is 0 Å². The molecule has 24 heavy (non-hydrogen) atoms. The zero-order valence-corrected chi connectivity index (χ0v) is 14.5. The van der Waals surface area contributed by atoms with Gasteiger partial charge in [0.15, 0.2) is 0 Å². The van der Waals surface area contributed by atoms with Gasteiger partial charge in [0.2, 0.25) is 0 Å². The molecule has 0 unspecified atom stereocenters. The maximum absolute atomic E-state index is 4.58. The molecule has 1 aliphatic rings. The van der Waals surface area contributed by atoms with Gasteiger partial charge in [-0.1, -0.05) is 19.1 Å². The molecule has 2 aromatic heterocycles. The number of imidazole rings is 1. The molecule has 126 valence electrons. The van der Waals surface area contributed by atoms with Gasteiger partial charge in [0.1, 0.15) is 0 Å². The lowest BCUT2D eigenvalue weighted by molar-refractivity contribution is 0.172. The fourth-order valence-corrected chi connectivity index (χ4v) is 3.93. The van der Waals surface area contributed by atoms with Gasteiger partial charge in [0, 0.05) is 37.9 Å². The first-order valence-corrected chi connectivity index (χ1v) is 8.90. The Labute approximate surface area is 142 Å². The van der Waals surface area contributed by atoms with Crippen LogP contribution < -0.4 is 0 Å². The van der Waals surface area contributed by atoms with Crippen molar-refractivity contribution >= 4 is 11.0 Å². The molecule has 5 heteroatoms. The number of benzene rings is 1. The Bertz CT molecular complexity index is 831. The summed E-state index contributed by atoms with van der Waals surface area (Å²) in [5, 5.41) is 4.58. The monoisotopic (exact) mass is 323 g/mol. The normalized spacial score (nSPS) is 19.2. The van der Waals surface area contributed by atoms with Crippen molar-refractivity contribution in [1.29, 1.82) is 0 Å². The Morgan fingerprint density at radius 2 is 2.12 bits per heavy atom. The highest BCUT2D eigenvalue weighted by molar-refractivity contribution is 5.75. The third-order valence-electron chi connectivity index (χ3n) is 5.08. The molecule has 3 heterocycles. The van der Waals surface area contributed by atoms with E-state index in [-0.39, 0.29) is 0 Å². The van der Waals surface area contributed by atoms with Crippen molar-refractivity contribution in [1.82, 2.24) is 24.2 Å². The molecule has 0 amide bonds. The quantitative estimate of drug-likeness (QED) is 0.740. The van der Waals surface area contributed by atoms with Crippen LogP contribution in [-0.2, 0) is 20.0 Å². The zero-order chi connectivity index (χ0) is 16.5. The third-order valence-corrected chi connectivity index (χ3v) is 5.08. The molecule has 1 atom stereocenters. The summed E-state index contributed by atoms with van der Waals surface area (Å²) in [5.41, 5.74) is 4.94. The fraction of sp³-hybridized carbons (Fsp3) is 0.474. The number of aryl methyl sites for hydroxylation is 2. The number of hydrogen-bond acceptors (Lipinski definition) is 3. The number of para-hydroxylation sites is 2. The van der Waals surface area contributed by atoms with E-state index in [0.717, 1.165) is 25.0 Å². The van der Waals surface area contributed by atoms with Crippen LogP contribution in [-0.4, -0.2) is 37.3 Å². The largest absolute Gasteiger partial charge is 0.326 e. The molecule has 3 aromatic rings. The van der Waals surface area contributed by atoms with Crippen LogP contribution in [0.25, 0.3) is 11.0 Å². The Kier molecular flexibility index (Phi) is 4.10. The van der Waals surface area contributed by atoms with Crippen molar-refractivity contribution < 1.29 is 0 Å². The topological polar surface area (TPSA) is 38.9 Å². The number of likely N-dealkylation sites (tertiary alicyclic amines) is 1. The summed E-state index contributed by atoms with van der Waals surface area (Å²) in [7, 11) is 2.01. The molecule has 1 aromatic carbocycles. The number of rotatable bonds is 4. The second-order valence-electron chi connectivity index (χ2n) is 6.80. The highest BCUT2D eigenvalue weighted by atomic mass is 15.3. The minimum absolute atomic E-state index is 0.507. The van der Waals surface area contributed by atoms with E-state index < -0.39 is 0 Å². The van der Waals surface area contributed by atoms with Gasteiger partial charge in [-0.25, -0.2) is 4.98 Å². The van der Waals surface area contributed by atoms with E-state index >= 15 is 0 Å². The van der Waals surface area contributed by atoms with Crippen molar-refractivity contribution in [3.63, 3.8) is 0 Å². The average molecular weight is 323 g/mol. The van der Waals surface area contributed by atoms with Crippen molar-refractivity contribution in [2.24, 2.45) is 7.05 Å². The summed E-state index contributed by atoms with van der Waals surface area (Å²) in [6.07, 6.45) is 7.65. The Hall–Kier alpha value is -2.14. The van der Waals surface area contributed by atoms with E-state index in [0.29, 0.717) is 6.04 Å². The second kappa shape index (κ2) is 6.40. The molecule has 5 nitrogen and oxygen atoms in total. The van der Waals surface area contributed by atoms with Crippen LogP contribution in [0.1, 0.15) is 37.1 Å². The molecule has 0 bridgehead atoms. The van der Waals surface area contributed by atoms with Gasteiger partial charge >= 0.3 is 0 Å². The van der Waals surface area contributed by atoms with Crippen LogP contribution in [0.3, 0.4) is 0 Å². The van der Waals surface area contributed by atoms with Crippen LogP contribution in [0.2, 0.25) is 0 Å². The Balaban J connectivity index is 1.53. The first-order chi connectivity index (χ1) is 11.7. The predicted molar refractivity (Wildman–Crippen MR) is 95.9 cm³/mol. The van der Waals surface area contributed by atoms with Crippen molar-refractivity contribution in [3.8, 4) is 0 Å². The Morgan fingerprint density at radius 3 is 3.00 bits per heavy atom. The lowest BCUT2D eigenvalue weighted by atomic mass is 10.0. The molecule has 1 aliphatic heterocycles. The highest BCUT2D eigenvalue weighted by Gasteiger charge is 2.23. The standard InChI is InChI=1S/C19H25N5/c1-3-17-15(11-22(2)21-17)12-23-10-6-7-16(13-23)24-14-20-18-8-4-5-9-19(18)24/h4-5,8-9,11,14,16H,3,6-7,10,12-13H2,1-2H3/t16-/m0/s1. The van der Waals surface area contributed by atoms with Gasteiger partial charge in [-0.2, -0.15) is 5.10 Å². The fourth-order valence-electron chi connectivity index (χ4n) is 3.93. The van der Waals surface area contributed by atoms with Gasteiger partial charge < -0.3 is 4.57 Å². The number of nitrogens with zero attached hydrogens (tertiary/aromatic N) is 5. The van der Waals surface area contributed by atoms with Crippen LogP contribution >= 0.6 is 0 Å². The maximum atomic E-state index is 4.58. The second-order valence-corrected chi connectivity index (χ2v) is 6.80. The van der Waals surface area contributed by atoms with E-state index in [1.807, 2.05) is 18.1 Å². The summed E-state index contributed by atoms with van der Waals surface area (Å²) in [6.45, 7) is 5.43. The van der Waals surface area contributed by atoms with Gasteiger partial charge in [0.25, 0.3) is 0 Å². The van der Waals surface area contributed by atoms with Crippen molar-refractivity contribution in [3.05, 3.63) is 48.0 Å². The molecule has 0 saturated carbocycles. The molecular weight excluding hydrogens is 298 g/mol. The average Bonchev–Trinajstić information content (AvgIpc) is 3.18. The smallest absolute Gasteiger partial charge is 0.0961 e. The molecule has 0 radical (unpaired) electrons. The lowest BCUT2D eigenvalue weighted by Crippen LogP contribution is -2.36. The summed E-state index contributed by atoms with van der Waals surface area (Å²) in [6, 6.07) is 8.94. The first kappa shape index (κ1) is 15.4. The van der Waals surface area contributed by atoms with Gasteiger partial charge in [-0.3, -0.25) is 9.58 Å². The number of aromatic nitrogens is 4. The van der Waals surface area contributed by atoms with E-state index in [9.17, 15) is 0 Å². The SMILES string of the molecule is CCc1nn(C)cc1CN1CCC[C@H](n2cnc3ccccc32)C1. The summed E-state index contributed by atoms with van der Waals surface area (Å²) in [4.78, 5) is 7.13.